The van der Waals surface area contributed by atoms with Crippen LogP contribution in [0.4, 0.5) is 4.79 Å². The van der Waals surface area contributed by atoms with Gasteiger partial charge in [-0.3, -0.25) is 0 Å². The van der Waals surface area contributed by atoms with Crippen LogP contribution in [0.2, 0.25) is 0 Å². The van der Waals surface area contributed by atoms with Crippen LogP contribution in [0.25, 0.3) is 0 Å². The number of amides is 1. The van der Waals surface area contributed by atoms with Gasteiger partial charge in [-0.15, -0.1) is 0 Å². The van der Waals surface area contributed by atoms with E-state index in [2.05, 4.69) is 10.1 Å². The molecule has 0 spiro atoms. The molecular weight excluding hydrogens is 270 g/mol. The number of hydrogen-bond donors (Lipinski definition) is 1. The zero-order valence-electron chi connectivity index (χ0n) is 13.7. The zero-order valence-corrected chi connectivity index (χ0v) is 13.7. The largest absolute Gasteiger partial charge is 0.466 e. The van der Waals surface area contributed by atoms with Crippen LogP contribution in [-0.4, -0.2) is 31.3 Å². The van der Waals surface area contributed by atoms with Gasteiger partial charge >= 0.3 is 12.1 Å². The molecule has 21 heavy (non-hydrogen) atoms. The molecule has 0 aliphatic heterocycles. The minimum atomic E-state index is -0.518. The molecular formula is C16H29NO4. The van der Waals surface area contributed by atoms with Gasteiger partial charge in [0.15, 0.2) is 0 Å². The molecule has 1 rings (SSSR count). The summed E-state index contributed by atoms with van der Waals surface area (Å²) in [4.78, 5) is 21.7. The van der Waals surface area contributed by atoms with Crippen molar-refractivity contribution in [2.45, 2.75) is 64.9 Å². The molecule has 0 bridgehead atoms. The first-order chi connectivity index (χ1) is 9.85. The van der Waals surface area contributed by atoms with Crippen molar-refractivity contribution >= 4 is 12.1 Å². The highest BCUT2D eigenvalue weighted by Crippen LogP contribution is 2.15. The van der Waals surface area contributed by atoms with Crippen LogP contribution in [0.5, 0.6) is 0 Å². The van der Waals surface area contributed by atoms with Crippen molar-refractivity contribution in [1.29, 1.82) is 0 Å². The van der Waals surface area contributed by atoms with Gasteiger partial charge < -0.3 is 14.8 Å². The minimum Gasteiger partial charge on any atom is -0.466 e. The van der Waals surface area contributed by atoms with Crippen molar-refractivity contribution in [2.75, 3.05) is 13.7 Å². The predicted molar refractivity (Wildman–Crippen MR) is 83.1 cm³/mol. The van der Waals surface area contributed by atoms with E-state index in [4.69, 9.17) is 4.74 Å². The first-order valence-corrected chi connectivity index (χ1v) is 7.56. The van der Waals surface area contributed by atoms with Crippen molar-refractivity contribution in [1.82, 2.24) is 5.32 Å². The molecule has 5 nitrogen and oxygen atoms in total. The lowest BCUT2D eigenvalue weighted by Gasteiger charge is -2.19. The van der Waals surface area contributed by atoms with Crippen molar-refractivity contribution < 1.29 is 19.1 Å². The Morgan fingerprint density at radius 2 is 1.52 bits per heavy atom. The van der Waals surface area contributed by atoms with E-state index in [-0.39, 0.29) is 6.54 Å². The molecule has 1 aliphatic carbocycles. The monoisotopic (exact) mass is 299 g/mol. The summed E-state index contributed by atoms with van der Waals surface area (Å²) in [5.41, 5.74) is -0.518. The molecule has 0 aromatic carbocycles. The number of esters is 1. The Morgan fingerprint density at radius 1 is 1.05 bits per heavy atom. The van der Waals surface area contributed by atoms with Crippen molar-refractivity contribution in [3.63, 3.8) is 0 Å². The predicted octanol–water partition coefficient (Wildman–Crippen LogP) is 3.58. The fourth-order valence-electron chi connectivity index (χ4n) is 1.74. The SMILES string of the molecule is C1CCCCC1.COC(=O)/C=C\CNC(=O)OC(C)(C)C. The quantitative estimate of drug-likeness (QED) is 0.639. The minimum absolute atomic E-state index is 0.226. The van der Waals surface area contributed by atoms with Crippen molar-refractivity contribution in [3.05, 3.63) is 12.2 Å². The Labute approximate surface area is 128 Å². The van der Waals surface area contributed by atoms with Crippen LogP contribution in [-0.2, 0) is 14.3 Å². The zero-order chi connectivity index (χ0) is 16.1. The fraction of sp³-hybridized carbons (Fsp3) is 0.750. The Morgan fingerprint density at radius 3 is 1.90 bits per heavy atom. The summed E-state index contributed by atoms with van der Waals surface area (Å²) in [6.45, 7) is 5.55. The molecule has 5 heteroatoms. The average molecular weight is 299 g/mol. The Balaban J connectivity index is 0.000000547. The summed E-state index contributed by atoms with van der Waals surface area (Å²) in [6.07, 6.45) is 11.2. The summed E-state index contributed by atoms with van der Waals surface area (Å²) in [5.74, 6) is -0.457. The molecule has 1 fully saturated rings. The average Bonchev–Trinajstić information content (AvgIpc) is 2.44. The maximum Gasteiger partial charge on any atom is 0.407 e. The molecule has 0 unspecified atom stereocenters. The third-order valence-electron chi connectivity index (χ3n) is 2.72. The van der Waals surface area contributed by atoms with Gasteiger partial charge in [0.2, 0.25) is 0 Å². The number of carbonyl (C=O) groups is 2. The van der Waals surface area contributed by atoms with Crippen LogP contribution < -0.4 is 5.32 Å². The summed E-state index contributed by atoms with van der Waals surface area (Å²) in [7, 11) is 1.29. The number of ether oxygens (including phenoxy) is 2. The summed E-state index contributed by atoms with van der Waals surface area (Å²) < 4.78 is 9.34. The van der Waals surface area contributed by atoms with Gasteiger partial charge in [-0.05, 0) is 20.8 Å². The Bertz CT molecular complexity index is 316. The smallest absolute Gasteiger partial charge is 0.407 e. The molecule has 122 valence electrons. The van der Waals surface area contributed by atoms with E-state index in [1.54, 1.807) is 20.8 Å². The van der Waals surface area contributed by atoms with Gasteiger partial charge in [0, 0.05) is 12.6 Å². The van der Waals surface area contributed by atoms with Crippen LogP contribution in [0.3, 0.4) is 0 Å². The number of alkyl carbamates (subject to hydrolysis) is 1. The van der Waals surface area contributed by atoms with Gasteiger partial charge in [0.05, 0.1) is 7.11 Å². The molecule has 1 saturated carbocycles. The summed E-state index contributed by atoms with van der Waals surface area (Å²) in [6, 6.07) is 0. The highest BCUT2D eigenvalue weighted by atomic mass is 16.6. The van der Waals surface area contributed by atoms with Crippen molar-refractivity contribution in [2.24, 2.45) is 0 Å². The third-order valence-corrected chi connectivity index (χ3v) is 2.72. The Kier molecular flexibility index (Phi) is 10.4. The maximum absolute atomic E-state index is 11.1. The second-order valence-corrected chi connectivity index (χ2v) is 5.93. The van der Waals surface area contributed by atoms with E-state index < -0.39 is 17.7 Å². The van der Waals surface area contributed by atoms with Gasteiger partial charge in [-0.25, -0.2) is 9.59 Å². The van der Waals surface area contributed by atoms with E-state index in [0.29, 0.717) is 0 Å². The van der Waals surface area contributed by atoms with Crippen LogP contribution in [0, 0.1) is 0 Å². The third kappa shape index (κ3) is 14.7. The molecule has 0 heterocycles. The molecule has 1 aliphatic rings. The molecule has 1 amide bonds. The van der Waals surface area contributed by atoms with E-state index in [9.17, 15) is 9.59 Å². The lowest BCUT2D eigenvalue weighted by atomic mass is 10.0. The lowest BCUT2D eigenvalue weighted by molar-refractivity contribution is -0.134. The highest BCUT2D eigenvalue weighted by Gasteiger charge is 2.14. The number of methoxy groups -OCH3 is 1. The second kappa shape index (κ2) is 11.2. The number of hydrogen-bond acceptors (Lipinski definition) is 4. The first-order valence-electron chi connectivity index (χ1n) is 7.56. The summed E-state index contributed by atoms with van der Waals surface area (Å²) >= 11 is 0. The highest BCUT2D eigenvalue weighted by molar-refractivity contribution is 5.81. The van der Waals surface area contributed by atoms with Crippen LogP contribution in [0.1, 0.15) is 59.3 Å². The molecule has 0 aromatic heterocycles. The van der Waals surface area contributed by atoms with Gasteiger partial charge in [0.25, 0.3) is 0 Å². The van der Waals surface area contributed by atoms with Gasteiger partial charge in [0.1, 0.15) is 5.60 Å². The molecule has 0 aromatic rings. The van der Waals surface area contributed by atoms with Gasteiger partial charge in [-0.1, -0.05) is 44.6 Å². The summed E-state index contributed by atoms with van der Waals surface area (Å²) in [5, 5.41) is 2.46. The molecule has 1 N–H and O–H groups in total. The lowest BCUT2D eigenvalue weighted by Crippen LogP contribution is -2.32. The first kappa shape index (κ1) is 19.5. The number of nitrogens with one attached hydrogen (secondary N) is 1. The van der Waals surface area contributed by atoms with Crippen LogP contribution in [0.15, 0.2) is 12.2 Å². The van der Waals surface area contributed by atoms with E-state index in [1.807, 2.05) is 0 Å². The van der Waals surface area contributed by atoms with E-state index in [0.717, 1.165) is 0 Å². The normalized spacial score (nSPS) is 14.9. The number of carbonyl (C=O) groups excluding carboxylic acids is 2. The second-order valence-electron chi connectivity index (χ2n) is 5.93. The maximum atomic E-state index is 11.1. The molecule has 0 saturated heterocycles. The standard InChI is InChI=1S/C10H17NO4.C6H12/c1-10(2,3)15-9(13)11-7-5-6-8(12)14-4;1-2-4-6-5-3-1/h5-6H,7H2,1-4H3,(H,11,13);1-6H2/b6-5-;. The topological polar surface area (TPSA) is 64.6 Å². The molecule has 0 atom stereocenters. The fourth-order valence-corrected chi connectivity index (χ4v) is 1.74. The molecule has 0 radical (unpaired) electrons. The Hall–Kier alpha value is -1.52. The van der Waals surface area contributed by atoms with Crippen molar-refractivity contribution in [3.8, 4) is 0 Å². The van der Waals surface area contributed by atoms with Gasteiger partial charge in [-0.2, -0.15) is 0 Å². The number of rotatable bonds is 3. The van der Waals surface area contributed by atoms with E-state index >= 15 is 0 Å². The van der Waals surface area contributed by atoms with Crippen LogP contribution >= 0.6 is 0 Å². The van der Waals surface area contributed by atoms with E-state index in [1.165, 1.54) is 57.8 Å².